The summed E-state index contributed by atoms with van der Waals surface area (Å²) in [6.07, 6.45) is 0. The van der Waals surface area contributed by atoms with E-state index in [2.05, 4.69) is 24.7 Å². The van der Waals surface area contributed by atoms with Gasteiger partial charge in [-0.15, -0.1) is 0 Å². The SMILES string of the molecule is COCc1cccc(C(=O)NNC(=O)COc2cc(C)ccc2C(C)C)c1. The van der Waals surface area contributed by atoms with Crippen molar-refractivity contribution in [3.8, 4) is 5.75 Å². The van der Waals surface area contributed by atoms with Crippen LogP contribution in [0.4, 0.5) is 0 Å². The van der Waals surface area contributed by atoms with Crippen LogP contribution in [0.5, 0.6) is 5.75 Å². The lowest BCUT2D eigenvalue weighted by molar-refractivity contribution is -0.123. The van der Waals surface area contributed by atoms with E-state index in [1.807, 2.05) is 31.2 Å². The molecule has 0 aliphatic rings. The molecular weight excluding hydrogens is 344 g/mol. The number of hydrazine groups is 1. The second-order valence-electron chi connectivity index (χ2n) is 6.62. The van der Waals surface area contributed by atoms with Gasteiger partial charge in [-0.1, -0.05) is 38.1 Å². The minimum Gasteiger partial charge on any atom is -0.483 e. The lowest BCUT2D eigenvalue weighted by atomic mass is 10.0. The Morgan fingerprint density at radius 1 is 1.07 bits per heavy atom. The van der Waals surface area contributed by atoms with Crippen LogP contribution in [-0.4, -0.2) is 25.5 Å². The smallest absolute Gasteiger partial charge is 0.276 e. The minimum atomic E-state index is -0.437. The van der Waals surface area contributed by atoms with Gasteiger partial charge < -0.3 is 9.47 Å². The number of methoxy groups -OCH3 is 1. The molecule has 2 amide bonds. The van der Waals surface area contributed by atoms with E-state index in [1.54, 1.807) is 25.3 Å². The summed E-state index contributed by atoms with van der Waals surface area (Å²) in [4.78, 5) is 24.2. The van der Waals surface area contributed by atoms with Crippen molar-refractivity contribution >= 4 is 11.8 Å². The molecule has 0 saturated carbocycles. The monoisotopic (exact) mass is 370 g/mol. The first-order valence-electron chi connectivity index (χ1n) is 8.81. The molecular formula is C21H26N2O4. The predicted molar refractivity (Wildman–Crippen MR) is 104 cm³/mol. The maximum atomic E-state index is 12.2. The Bertz CT molecular complexity index is 803. The van der Waals surface area contributed by atoms with Crippen LogP contribution in [0.1, 0.15) is 46.8 Å². The molecule has 0 bridgehead atoms. The second kappa shape index (κ2) is 9.73. The molecule has 2 aromatic carbocycles. The van der Waals surface area contributed by atoms with Crippen molar-refractivity contribution in [1.82, 2.24) is 10.9 Å². The first-order valence-corrected chi connectivity index (χ1v) is 8.81. The topological polar surface area (TPSA) is 76.7 Å². The third kappa shape index (κ3) is 6.11. The Balaban J connectivity index is 1.89. The van der Waals surface area contributed by atoms with E-state index in [4.69, 9.17) is 9.47 Å². The van der Waals surface area contributed by atoms with E-state index in [-0.39, 0.29) is 12.5 Å². The lowest BCUT2D eigenvalue weighted by Crippen LogP contribution is -2.43. The fourth-order valence-electron chi connectivity index (χ4n) is 2.59. The largest absolute Gasteiger partial charge is 0.483 e. The zero-order valence-corrected chi connectivity index (χ0v) is 16.2. The lowest BCUT2D eigenvalue weighted by Gasteiger charge is -2.15. The van der Waals surface area contributed by atoms with Crippen LogP contribution in [-0.2, 0) is 16.1 Å². The standard InChI is InChI=1S/C21H26N2O4/c1-14(2)18-9-8-15(3)10-19(18)27-13-20(24)22-23-21(25)17-7-5-6-16(11-17)12-26-4/h5-11,14H,12-13H2,1-4H3,(H,22,24)(H,23,25). The van der Waals surface area contributed by atoms with Gasteiger partial charge in [0.1, 0.15) is 5.75 Å². The van der Waals surface area contributed by atoms with Gasteiger partial charge in [0.05, 0.1) is 6.61 Å². The predicted octanol–water partition coefficient (Wildman–Crippen LogP) is 3.10. The molecule has 6 heteroatoms. The average Bonchev–Trinajstić information content (AvgIpc) is 2.64. The summed E-state index contributed by atoms with van der Waals surface area (Å²) >= 11 is 0. The van der Waals surface area contributed by atoms with Gasteiger partial charge in [0.2, 0.25) is 0 Å². The molecule has 0 unspecified atom stereocenters. The Morgan fingerprint density at radius 3 is 2.56 bits per heavy atom. The highest BCUT2D eigenvalue weighted by molar-refractivity contribution is 5.95. The molecule has 0 radical (unpaired) electrons. The molecule has 0 atom stereocenters. The molecule has 2 rings (SSSR count). The summed E-state index contributed by atoms with van der Waals surface area (Å²) in [6.45, 7) is 6.32. The van der Waals surface area contributed by atoms with E-state index < -0.39 is 11.8 Å². The van der Waals surface area contributed by atoms with Crippen LogP contribution in [0.3, 0.4) is 0 Å². The first kappa shape index (κ1) is 20.5. The summed E-state index contributed by atoms with van der Waals surface area (Å²) in [5, 5.41) is 0. The Labute approximate surface area is 159 Å². The number of nitrogens with one attached hydrogen (secondary N) is 2. The van der Waals surface area contributed by atoms with Crippen molar-refractivity contribution < 1.29 is 19.1 Å². The van der Waals surface area contributed by atoms with Gasteiger partial charge in [0.15, 0.2) is 6.61 Å². The second-order valence-corrected chi connectivity index (χ2v) is 6.62. The van der Waals surface area contributed by atoms with Crippen molar-refractivity contribution in [2.75, 3.05) is 13.7 Å². The van der Waals surface area contributed by atoms with E-state index in [9.17, 15) is 9.59 Å². The van der Waals surface area contributed by atoms with Crippen LogP contribution in [0.15, 0.2) is 42.5 Å². The molecule has 0 aromatic heterocycles. The molecule has 0 saturated heterocycles. The Morgan fingerprint density at radius 2 is 1.85 bits per heavy atom. The molecule has 0 heterocycles. The van der Waals surface area contributed by atoms with Crippen LogP contribution >= 0.6 is 0 Å². The summed E-state index contributed by atoms with van der Waals surface area (Å²) in [7, 11) is 1.59. The summed E-state index contributed by atoms with van der Waals surface area (Å²) in [6, 6.07) is 12.9. The molecule has 2 aromatic rings. The first-order chi connectivity index (χ1) is 12.9. The number of hydrogen-bond acceptors (Lipinski definition) is 4. The van der Waals surface area contributed by atoms with Gasteiger partial charge in [-0.2, -0.15) is 0 Å². The van der Waals surface area contributed by atoms with Gasteiger partial charge in [0, 0.05) is 12.7 Å². The van der Waals surface area contributed by atoms with Crippen LogP contribution in [0, 0.1) is 6.92 Å². The Hall–Kier alpha value is -2.86. The number of ether oxygens (including phenoxy) is 2. The summed E-state index contributed by atoms with van der Waals surface area (Å²) in [5.41, 5.74) is 8.17. The number of aryl methyl sites for hydroxylation is 1. The number of rotatable bonds is 7. The summed E-state index contributed by atoms with van der Waals surface area (Å²) in [5.74, 6) is 0.119. The van der Waals surface area contributed by atoms with E-state index in [0.717, 1.165) is 16.7 Å². The van der Waals surface area contributed by atoms with E-state index in [0.29, 0.717) is 17.9 Å². The van der Waals surface area contributed by atoms with E-state index >= 15 is 0 Å². The van der Waals surface area contributed by atoms with E-state index in [1.165, 1.54) is 0 Å². The van der Waals surface area contributed by atoms with Crippen LogP contribution < -0.4 is 15.6 Å². The fourth-order valence-corrected chi connectivity index (χ4v) is 2.59. The summed E-state index contributed by atoms with van der Waals surface area (Å²) < 4.78 is 10.7. The molecule has 144 valence electrons. The third-order valence-corrected chi connectivity index (χ3v) is 3.97. The highest BCUT2D eigenvalue weighted by Crippen LogP contribution is 2.27. The Kier molecular flexibility index (Phi) is 7.37. The van der Waals surface area contributed by atoms with Crippen molar-refractivity contribution in [3.63, 3.8) is 0 Å². The number of benzene rings is 2. The number of carbonyl (C=O) groups is 2. The maximum Gasteiger partial charge on any atom is 0.276 e. The quantitative estimate of drug-likeness (QED) is 0.734. The van der Waals surface area contributed by atoms with Crippen molar-refractivity contribution in [3.05, 3.63) is 64.7 Å². The van der Waals surface area contributed by atoms with Crippen LogP contribution in [0.2, 0.25) is 0 Å². The van der Waals surface area contributed by atoms with Crippen molar-refractivity contribution in [1.29, 1.82) is 0 Å². The minimum absolute atomic E-state index is 0.187. The zero-order chi connectivity index (χ0) is 19.8. The van der Waals surface area contributed by atoms with Gasteiger partial charge in [0.25, 0.3) is 11.8 Å². The average molecular weight is 370 g/mol. The van der Waals surface area contributed by atoms with Gasteiger partial charge in [-0.05, 0) is 47.7 Å². The molecule has 2 N–H and O–H groups in total. The fraction of sp³-hybridized carbons (Fsp3) is 0.333. The van der Waals surface area contributed by atoms with Gasteiger partial charge in [-0.25, -0.2) is 0 Å². The molecule has 0 spiro atoms. The molecule has 0 fully saturated rings. The molecule has 6 nitrogen and oxygen atoms in total. The van der Waals surface area contributed by atoms with Crippen molar-refractivity contribution in [2.24, 2.45) is 0 Å². The van der Waals surface area contributed by atoms with Crippen molar-refractivity contribution in [2.45, 2.75) is 33.3 Å². The number of hydrogen-bond donors (Lipinski definition) is 2. The number of amides is 2. The molecule has 0 aliphatic carbocycles. The highest BCUT2D eigenvalue weighted by atomic mass is 16.5. The van der Waals surface area contributed by atoms with Crippen LogP contribution in [0.25, 0.3) is 0 Å². The highest BCUT2D eigenvalue weighted by Gasteiger charge is 2.12. The van der Waals surface area contributed by atoms with Gasteiger partial charge in [-0.3, -0.25) is 20.4 Å². The number of carbonyl (C=O) groups excluding carboxylic acids is 2. The normalized spacial score (nSPS) is 10.6. The molecule has 27 heavy (non-hydrogen) atoms. The molecule has 0 aliphatic heterocycles. The zero-order valence-electron chi connectivity index (χ0n) is 16.2. The van der Waals surface area contributed by atoms with Gasteiger partial charge >= 0.3 is 0 Å². The third-order valence-electron chi connectivity index (χ3n) is 3.97. The maximum absolute atomic E-state index is 12.2.